The SMILES string of the molecule is COc1cc(COc2ccc(B(O)O)cn2)cc(OC)c1OC. The molecule has 0 aliphatic carbocycles. The van der Waals surface area contributed by atoms with Gasteiger partial charge in [0.15, 0.2) is 11.5 Å². The van der Waals surface area contributed by atoms with Crippen molar-refractivity contribution in [2.45, 2.75) is 6.61 Å². The third-order valence-electron chi connectivity index (χ3n) is 3.17. The summed E-state index contributed by atoms with van der Waals surface area (Å²) in [7, 11) is 3.08. The fraction of sp³-hybridized carbons (Fsp3) is 0.267. The first-order valence-corrected chi connectivity index (χ1v) is 6.82. The lowest BCUT2D eigenvalue weighted by molar-refractivity contribution is 0.288. The first-order valence-electron chi connectivity index (χ1n) is 6.82. The number of hydrogen-bond acceptors (Lipinski definition) is 7. The third kappa shape index (κ3) is 4.05. The van der Waals surface area contributed by atoms with E-state index in [1.165, 1.54) is 19.4 Å². The molecular formula is C15H18BNO6. The van der Waals surface area contributed by atoms with Crippen LogP contribution in [0.15, 0.2) is 30.5 Å². The molecule has 0 saturated carbocycles. The molecule has 0 radical (unpaired) electrons. The molecule has 0 spiro atoms. The number of nitrogens with zero attached hydrogens (tertiary/aromatic N) is 1. The summed E-state index contributed by atoms with van der Waals surface area (Å²) in [5, 5.41) is 18.0. The van der Waals surface area contributed by atoms with Crippen LogP contribution in [0.25, 0.3) is 0 Å². The molecule has 23 heavy (non-hydrogen) atoms. The topological polar surface area (TPSA) is 90.3 Å². The van der Waals surface area contributed by atoms with Crippen LogP contribution in [0.2, 0.25) is 0 Å². The summed E-state index contributed by atoms with van der Waals surface area (Å²) >= 11 is 0. The molecule has 1 aromatic carbocycles. The van der Waals surface area contributed by atoms with Crippen molar-refractivity contribution in [1.82, 2.24) is 4.98 Å². The average Bonchev–Trinajstić information content (AvgIpc) is 2.59. The standard InChI is InChI=1S/C15H18BNO6/c1-20-12-6-10(7-13(21-2)15(12)22-3)9-23-14-5-4-11(8-17-14)16(18)19/h4-8,18-19H,9H2,1-3H3. The Kier molecular flexibility index (Phi) is 5.67. The van der Waals surface area contributed by atoms with Gasteiger partial charge in [0.05, 0.1) is 21.3 Å². The highest BCUT2D eigenvalue weighted by atomic mass is 16.5. The number of methoxy groups -OCH3 is 3. The van der Waals surface area contributed by atoms with E-state index in [0.29, 0.717) is 28.6 Å². The molecule has 1 heterocycles. The minimum atomic E-state index is -1.55. The van der Waals surface area contributed by atoms with E-state index >= 15 is 0 Å². The van der Waals surface area contributed by atoms with Crippen LogP contribution in [0.1, 0.15) is 5.56 Å². The van der Waals surface area contributed by atoms with Crippen molar-refractivity contribution >= 4 is 12.6 Å². The monoisotopic (exact) mass is 319 g/mol. The van der Waals surface area contributed by atoms with Gasteiger partial charge in [-0.05, 0) is 23.8 Å². The van der Waals surface area contributed by atoms with Crippen LogP contribution in [-0.2, 0) is 6.61 Å². The summed E-state index contributed by atoms with van der Waals surface area (Å²) in [6.45, 7) is 0.241. The predicted molar refractivity (Wildman–Crippen MR) is 84.5 cm³/mol. The first kappa shape index (κ1) is 16.9. The van der Waals surface area contributed by atoms with Gasteiger partial charge >= 0.3 is 7.12 Å². The summed E-state index contributed by atoms with van der Waals surface area (Å²) in [5.74, 6) is 1.95. The summed E-state index contributed by atoms with van der Waals surface area (Å²) in [4.78, 5) is 4.00. The zero-order chi connectivity index (χ0) is 16.8. The van der Waals surface area contributed by atoms with E-state index in [-0.39, 0.29) is 6.61 Å². The number of pyridine rings is 1. The number of ether oxygens (including phenoxy) is 4. The molecule has 0 amide bonds. The summed E-state index contributed by atoms with van der Waals surface area (Å²) < 4.78 is 21.4. The van der Waals surface area contributed by atoms with Crippen molar-refractivity contribution in [3.8, 4) is 23.1 Å². The maximum absolute atomic E-state index is 9.02. The molecule has 2 N–H and O–H groups in total. The Morgan fingerprint density at radius 2 is 1.65 bits per heavy atom. The van der Waals surface area contributed by atoms with E-state index < -0.39 is 7.12 Å². The minimum Gasteiger partial charge on any atom is -0.493 e. The second-order valence-electron chi connectivity index (χ2n) is 4.63. The maximum atomic E-state index is 9.02. The predicted octanol–water partition coefficient (Wildman–Crippen LogP) is 0.366. The second-order valence-corrected chi connectivity index (χ2v) is 4.63. The normalized spacial score (nSPS) is 10.1. The number of rotatable bonds is 7. The third-order valence-corrected chi connectivity index (χ3v) is 3.17. The van der Waals surface area contributed by atoms with Crippen molar-refractivity contribution < 1.29 is 29.0 Å². The van der Waals surface area contributed by atoms with Crippen molar-refractivity contribution in [1.29, 1.82) is 0 Å². The van der Waals surface area contributed by atoms with Crippen LogP contribution in [0.5, 0.6) is 23.1 Å². The van der Waals surface area contributed by atoms with Crippen LogP contribution in [0.4, 0.5) is 0 Å². The van der Waals surface area contributed by atoms with Gasteiger partial charge in [0.25, 0.3) is 0 Å². The van der Waals surface area contributed by atoms with Gasteiger partial charge in [-0.1, -0.05) is 6.07 Å². The molecule has 0 atom stereocenters. The molecule has 0 aliphatic rings. The largest absolute Gasteiger partial charge is 0.493 e. The van der Waals surface area contributed by atoms with E-state index in [0.717, 1.165) is 5.56 Å². The molecule has 0 aliphatic heterocycles. The highest BCUT2D eigenvalue weighted by Gasteiger charge is 2.14. The lowest BCUT2D eigenvalue weighted by Gasteiger charge is -2.14. The molecule has 0 unspecified atom stereocenters. The lowest BCUT2D eigenvalue weighted by Crippen LogP contribution is -2.29. The molecule has 122 valence electrons. The first-order chi connectivity index (χ1) is 11.1. The summed E-state index contributed by atoms with van der Waals surface area (Å²) in [6, 6.07) is 6.66. The van der Waals surface area contributed by atoms with Crippen LogP contribution in [0, 0.1) is 0 Å². The Hall–Kier alpha value is -2.45. The van der Waals surface area contributed by atoms with Crippen LogP contribution in [0.3, 0.4) is 0 Å². The van der Waals surface area contributed by atoms with Crippen molar-refractivity contribution in [2.24, 2.45) is 0 Å². The average molecular weight is 319 g/mol. The molecular weight excluding hydrogens is 301 g/mol. The van der Waals surface area contributed by atoms with E-state index in [4.69, 9.17) is 29.0 Å². The Balaban J connectivity index is 2.13. The molecule has 0 saturated heterocycles. The quantitative estimate of drug-likeness (QED) is 0.712. The van der Waals surface area contributed by atoms with E-state index in [1.807, 2.05) is 0 Å². The number of aromatic nitrogens is 1. The Morgan fingerprint density at radius 3 is 2.09 bits per heavy atom. The highest BCUT2D eigenvalue weighted by Crippen LogP contribution is 2.38. The van der Waals surface area contributed by atoms with E-state index in [9.17, 15) is 0 Å². The van der Waals surface area contributed by atoms with Gasteiger partial charge in [-0.3, -0.25) is 0 Å². The Morgan fingerprint density at radius 1 is 1.00 bits per heavy atom. The van der Waals surface area contributed by atoms with Gasteiger partial charge in [-0.15, -0.1) is 0 Å². The zero-order valence-electron chi connectivity index (χ0n) is 13.1. The lowest BCUT2D eigenvalue weighted by atomic mass is 9.82. The second kappa shape index (κ2) is 7.71. The van der Waals surface area contributed by atoms with Crippen LogP contribution >= 0.6 is 0 Å². The summed E-state index contributed by atoms with van der Waals surface area (Å²) in [6.07, 6.45) is 1.34. The van der Waals surface area contributed by atoms with Crippen LogP contribution < -0.4 is 24.4 Å². The van der Waals surface area contributed by atoms with E-state index in [1.54, 1.807) is 32.4 Å². The highest BCUT2D eigenvalue weighted by molar-refractivity contribution is 6.58. The van der Waals surface area contributed by atoms with E-state index in [2.05, 4.69) is 4.98 Å². The van der Waals surface area contributed by atoms with Crippen molar-refractivity contribution in [2.75, 3.05) is 21.3 Å². The maximum Gasteiger partial charge on any atom is 0.490 e. The molecule has 1 aromatic heterocycles. The van der Waals surface area contributed by atoms with Gasteiger partial charge in [0, 0.05) is 11.7 Å². The van der Waals surface area contributed by atoms with Gasteiger partial charge in [-0.2, -0.15) is 0 Å². The fourth-order valence-electron chi connectivity index (χ4n) is 2.01. The van der Waals surface area contributed by atoms with Crippen molar-refractivity contribution in [3.05, 3.63) is 36.0 Å². The molecule has 2 aromatic rings. The number of hydrogen-bond donors (Lipinski definition) is 2. The van der Waals surface area contributed by atoms with Gasteiger partial charge in [-0.25, -0.2) is 4.98 Å². The Labute approximate surface area is 134 Å². The molecule has 7 nitrogen and oxygen atoms in total. The number of benzene rings is 1. The molecule has 0 bridgehead atoms. The Bertz CT molecular complexity index is 622. The van der Waals surface area contributed by atoms with Crippen LogP contribution in [-0.4, -0.2) is 43.5 Å². The van der Waals surface area contributed by atoms with Gasteiger partial charge in [0.2, 0.25) is 11.6 Å². The fourth-order valence-corrected chi connectivity index (χ4v) is 2.01. The smallest absolute Gasteiger partial charge is 0.490 e. The zero-order valence-corrected chi connectivity index (χ0v) is 13.1. The van der Waals surface area contributed by atoms with Gasteiger partial charge in [0.1, 0.15) is 6.61 Å². The molecule has 0 fully saturated rings. The summed E-state index contributed by atoms with van der Waals surface area (Å²) in [5.41, 5.74) is 1.11. The van der Waals surface area contributed by atoms with Gasteiger partial charge < -0.3 is 29.0 Å². The minimum absolute atomic E-state index is 0.241. The molecule has 8 heteroatoms. The molecule has 2 rings (SSSR count). The van der Waals surface area contributed by atoms with Crippen molar-refractivity contribution in [3.63, 3.8) is 0 Å².